The zero-order valence-electron chi connectivity index (χ0n) is 17.5. The minimum absolute atomic E-state index is 0.524. The summed E-state index contributed by atoms with van der Waals surface area (Å²) in [6, 6.07) is 11.9. The van der Waals surface area contributed by atoms with Crippen molar-refractivity contribution < 1.29 is 9.84 Å². The molecule has 156 valence electrons. The van der Waals surface area contributed by atoms with Crippen molar-refractivity contribution in [1.29, 1.82) is 0 Å². The van der Waals surface area contributed by atoms with E-state index in [9.17, 15) is 5.11 Å². The van der Waals surface area contributed by atoms with Gasteiger partial charge in [-0.15, -0.1) is 6.58 Å². The van der Waals surface area contributed by atoms with E-state index >= 15 is 0 Å². The van der Waals surface area contributed by atoms with Gasteiger partial charge in [0.15, 0.2) is 5.65 Å². The van der Waals surface area contributed by atoms with Crippen LogP contribution in [0.15, 0.2) is 61.4 Å². The molecule has 31 heavy (non-hydrogen) atoms. The molecule has 1 aromatic carbocycles. The molecule has 1 aliphatic carbocycles. The predicted molar refractivity (Wildman–Crippen MR) is 120 cm³/mol. The van der Waals surface area contributed by atoms with Crippen molar-refractivity contribution in [3.8, 4) is 28.1 Å². The Hall–Kier alpha value is -3.51. The molecule has 1 unspecified atom stereocenters. The number of ether oxygens (including phenoxy) is 1. The molecule has 1 N–H and O–H groups in total. The van der Waals surface area contributed by atoms with Gasteiger partial charge in [0, 0.05) is 29.9 Å². The first kappa shape index (κ1) is 19.5. The minimum atomic E-state index is -0.524. The first-order chi connectivity index (χ1) is 15.2. The summed E-state index contributed by atoms with van der Waals surface area (Å²) in [6.45, 7) is 3.90. The number of benzene rings is 1. The Bertz CT molecular complexity index is 1260. The lowest BCUT2D eigenvalue weighted by molar-refractivity contribution is 0.153. The van der Waals surface area contributed by atoms with Crippen molar-refractivity contribution in [2.45, 2.75) is 31.8 Å². The highest BCUT2D eigenvalue weighted by Crippen LogP contribution is 2.39. The second-order valence-corrected chi connectivity index (χ2v) is 7.75. The molecule has 4 aromatic rings. The molecule has 5 rings (SSSR count). The van der Waals surface area contributed by atoms with E-state index in [1.54, 1.807) is 19.5 Å². The summed E-state index contributed by atoms with van der Waals surface area (Å²) in [4.78, 5) is 9.18. The van der Waals surface area contributed by atoms with Crippen LogP contribution in [0.25, 0.3) is 28.0 Å². The van der Waals surface area contributed by atoms with Gasteiger partial charge in [-0.1, -0.05) is 18.2 Å². The van der Waals surface area contributed by atoms with Gasteiger partial charge < -0.3 is 9.84 Å². The summed E-state index contributed by atoms with van der Waals surface area (Å²) >= 11 is 0. The highest BCUT2D eigenvalue weighted by atomic mass is 16.5. The van der Waals surface area contributed by atoms with Gasteiger partial charge in [0.25, 0.3) is 0 Å². The number of allylic oxidation sites excluding steroid dienone is 1. The molecule has 0 bridgehead atoms. The van der Waals surface area contributed by atoms with Crippen LogP contribution in [0, 0.1) is 0 Å². The lowest BCUT2D eigenvalue weighted by Crippen LogP contribution is -2.18. The SMILES string of the molecule is C=CCc1nc2c(-c3cccc(OC)c3)c(-c3ccncc3)nn2c2c1C(O)CCC2. The van der Waals surface area contributed by atoms with Crippen molar-refractivity contribution >= 4 is 5.65 Å². The number of nitrogens with zero attached hydrogens (tertiary/aromatic N) is 4. The van der Waals surface area contributed by atoms with Gasteiger partial charge in [-0.2, -0.15) is 5.10 Å². The van der Waals surface area contributed by atoms with Gasteiger partial charge in [-0.3, -0.25) is 4.98 Å². The van der Waals surface area contributed by atoms with Crippen LogP contribution in [0.2, 0.25) is 0 Å². The van der Waals surface area contributed by atoms with E-state index < -0.39 is 6.10 Å². The van der Waals surface area contributed by atoms with Crippen LogP contribution in [-0.2, 0) is 12.8 Å². The number of aliphatic hydroxyl groups excluding tert-OH is 1. The summed E-state index contributed by atoms with van der Waals surface area (Å²) in [6.07, 6.45) is 7.96. The average molecular weight is 412 g/mol. The Morgan fingerprint density at radius 3 is 2.84 bits per heavy atom. The summed E-state index contributed by atoms with van der Waals surface area (Å²) in [5.41, 5.74) is 7.31. The van der Waals surface area contributed by atoms with E-state index in [4.69, 9.17) is 14.8 Å². The van der Waals surface area contributed by atoms with E-state index in [0.717, 1.165) is 70.0 Å². The van der Waals surface area contributed by atoms with Crippen LogP contribution in [0.5, 0.6) is 5.75 Å². The van der Waals surface area contributed by atoms with E-state index in [-0.39, 0.29) is 0 Å². The van der Waals surface area contributed by atoms with Crippen LogP contribution in [0.1, 0.15) is 35.9 Å². The molecule has 0 saturated heterocycles. The molecular weight excluding hydrogens is 388 g/mol. The average Bonchev–Trinajstić information content (AvgIpc) is 3.19. The number of pyridine rings is 1. The van der Waals surface area contributed by atoms with Gasteiger partial charge in [0.05, 0.1) is 30.2 Å². The normalized spacial score (nSPS) is 15.6. The largest absolute Gasteiger partial charge is 0.497 e. The topological polar surface area (TPSA) is 72.5 Å². The number of hydrogen-bond acceptors (Lipinski definition) is 5. The maximum absolute atomic E-state index is 10.8. The summed E-state index contributed by atoms with van der Waals surface area (Å²) in [7, 11) is 1.66. The van der Waals surface area contributed by atoms with E-state index in [1.165, 1.54) is 0 Å². The second-order valence-electron chi connectivity index (χ2n) is 7.75. The van der Waals surface area contributed by atoms with Crippen molar-refractivity contribution in [2.24, 2.45) is 0 Å². The van der Waals surface area contributed by atoms with Gasteiger partial charge in [-0.05, 0) is 49.1 Å². The van der Waals surface area contributed by atoms with Gasteiger partial charge >= 0.3 is 0 Å². The molecule has 1 aliphatic rings. The molecule has 0 fully saturated rings. The molecular formula is C25H24N4O2. The molecule has 0 radical (unpaired) electrons. The number of methoxy groups -OCH3 is 1. The first-order valence-corrected chi connectivity index (χ1v) is 10.5. The Morgan fingerprint density at radius 1 is 1.23 bits per heavy atom. The molecule has 3 aromatic heterocycles. The van der Waals surface area contributed by atoms with E-state index in [1.807, 2.05) is 47.0 Å². The number of hydrogen-bond donors (Lipinski definition) is 1. The van der Waals surface area contributed by atoms with Crippen molar-refractivity contribution in [3.05, 3.63) is 78.4 Å². The lowest BCUT2D eigenvalue weighted by Gasteiger charge is -2.24. The fourth-order valence-electron chi connectivity index (χ4n) is 4.45. The maximum Gasteiger partial charge on any atom is 0.164 e. The number of aromatic nitrogens is 4. The molecule has 0 saturated carbocycles. The number of fused-ring (bicyclic) bond motifs is 3. The lowest BCUT2D eigenvalue weighted by atomic mass is 9.91. The summed E-state index contributed by atoms with van der Waals surface area (Å²) in [5, 5.41) is 15.8. The molecule has 6 nitrogen and oxygen atoms in total. The van der Waals surface area contributed by atoms with Crippen LogP contribution >= 0.6 is 0 Å². The van der Waals surface area contributed by atoms with Gasteiger partial charge in [-0.25, -0.2) is 9.50 Å². The van der Waals surface area contributed by atoms with Crippen LogP contribution < -0.4 is 4.74 Å². The summed E-state index contributed by atoms with van der Waals surface area (Å²) in [5.74, 6) is 0.775. The fraction of sp³-hybridized carbons (Fsp3) is 0.240. The zero-order chi connectivity index (χ0) is 21.4. The smallest absolute Gasteiger partial charge is 0.164 e. The number of rotatable bonds is 5. The third-order valence-electron chi connectivity index (χ3n) is 5.85. The zero-order valence-corrected chi connectivity index (χ0v) is 17.5. The second kappa shape index (κ2) is 7.96. The van der Waals surface area contributed by atoms with Crippen LogP contribution in [0.3, 0.4) is 0 Å². The quantitative estimate of drug-likeness (QED) is 0.486. The van der Waals surface area contributed by atoms with Crippen molar-refractivity contribution in [2.75, 3.05) is 7.11 Å². The number of aryl methyl sites for hydroxylation is 1. The Balaban J connectivity index is 1.88. The third-order valence-corrected chi connectivity index (χ3v) is 5.85. The highest BCUT2D eigenvalue weighted by molar-refractivity contribution is 5.91. The maximum atomic E-state index is 10.8. The first-order valence-electron chi connectivity index (χ1n) is 10.5. The molecule has 0 amide bonds. The molecule has 6 heteroatoms. The highest BCUT2D eigenvalue weighted by Gasteiger charge is 2.28. The fourth-order valence-corrected chi connectivity index (χ4v) is 4.45. The summed E-state index contributed by atoms with van der Waals surface area (Å²) < 4.78 is 7.40. The number of aliphatic hydroxyl groups is 1. The predicted octanol–water partition coefficient (Wildman–Crippen LogP) is 4.57. The standard InChI is InChI=1S/C25H24N4O2/c1-3-6-19-23-20(9-5-10-21(23)30)29-25(27-19)22(17-7-4-8-18(15-17)31-2)24(28-29)16-11-13-26-14-12-16/h3-4,7-8,11-15,21,30H,1,5-6,9-10H2,2H3. The Labute approximate surface area is 180 Å². The Kier molecular flexibility index (Phi) is 5.00. The van der Waals surface area contributed by atoms with Gasteiger partial charge in [0.2, 0.25) is 0 Å². The van der Waals surface area contributed by atoms with Crippen molar-refractivity contribution in [1.82, 2.24) is 19.6 Å². The molecule has 1 atom stereocenters. The Morgan fingerprint density at radius 2 is 2.06 bits per heavy atom. The van der Waals surface area contributed by atoms with Crippen molar-refractivity contribution in [3.63, 3.8) is 0 Å². The van der Waals surface area contributed by atoms with Crippen LogP contribution in [-0.4, -0.2) is 31.8 Å². The van der Waals surface area contributed by atoms with Crippen LogP contribution in [0.4, 0.5) is 0 Å². The van der Waals surface area contributed by atoms with E-state index in [0.29, 0.717) is 6.42 Å². The monoisotopic (exact) mass is 412 g/mol. The van der Waals surface area contributed by atoms with Gasteiger partial charge in [0.1, 0.15) is 11.4 Å². The molecule has 0 aliphatic heterocycles. The molecule has 0 spiro atoms. The minimum Gasteiger partial charge on any atom is -0.497 e. The molecule has 3 heterocycles. The third kappa shape index (κ3) is 3.29. The van der Waals surface area contributed by atoms with E-state index in [2.05, 4.69) is 11.6 Å².